The molecule has 3 aromatic rings. The number of anilines is 1. The maximum absolute atomic E-state index is 5.95. The molecule has 112 valence electrons. The normalized spacial score (nSPS) is 15.4. The summed E-state index contributed by atoms with van der Waals surface area (Å²) in [6, 6.07) is 7.48. The highest BCUT2D eigenvalue weighted by atomic mass is 35.5. The molecule has 2 aromatic heterocycles. The molecule has 0 radical (unpaired) electrons. The predicted molar refractivity (Wildman–Crippen MR) is 83.1 cm³/mol. The van der Waals surface area contributed by atoms with Crippen LogP contribution in [-0.2, 0) is 4.74 Å². The van der Waals surface area contributed by atoms with Crippen LogP contribution in [0.1, 0.15) is 0 Å². The van der Waals surface area contributed by atoms with Crippen molar-refractivity contribution in [2.24, 2.45) is 0 Å². The molecule has 0 unspecified atom stereocenters. The van der Waals surface area contributed by atoms with Gasteiger partial charge in [-0.3, -0.25) is 0 Å². The van der Waals surface area contributed by atoms with Gasteiger partial charge in [-0.1, -0.05) is 28.9 Å². The van der Waals surface area contributed by atoms with E-state index >= 15 is 0 Å². The van der Waals surface area contributed by atoms with Crippen LogP contribution in [0.3, 0.4) is 0 Å². The molecule has 4 rings (SSSR count). The highest BCUT2D eigenvalue weighted by Gasteiger charge is 2.22. The molecule has 1 aliphatic rings. The van der Waals surface area contributed by atoms with Gasteiger partial charge in [0.2, 0.25) is 0 Å². The first kappa shape index (κ1) is 13.5. The number of fused-ring (bicyclic) bond motifs is 1. The largest absolute Gasteiger partial charge is 0.378 e. The predicted octanol–water partition coefficient (Wildman–Crippen LogP) is 2.77. The van der Waals surface area contributed by atoms with Crippen LogP contribution in [0.25, 0.3) is 22.4 Å². The Bertz CT molecular complexity index is 797. The second kappa shape index (κ2) is 5.55. The minimum Gasteiger partial charge on any atom is -0.378 e. The van der Waals surface area contributed by atoms with Gasteiger partial charge in [0.15, 0.2) is 0 Å². The van der Waals surface area contributed by atoms with E-state index < -0.39 is 0 Å². The SMILES string of the molecule is Clc1ccc(-c2noc3ncnc(N4CCOCC4)c23)cc1. The van der Waals surface area contributed by atoms with Gasteiger partial charge in [0.1, 0.15) is 23.2 Å². The summed E-state index contributed by atoms with van der Waals surface area (Å²) in [6.45, 7) is 2.95. The zero-order chi connectivity index (χ0) is 14.9. The average Bonchev–Trinajstić information content (AvgIpc) is 3.00. The zero-order valence-corrected chi connectivity index (χ0v) is 12.5. The second-order valence-electron chi connectivity index (χ2n) is 5.01. The maximum Gasteiger partial charge on any atom is 0.263 e. The van der Waals surface area contributed by atoms with E-state index in [0.717, 1.165) is 35.6 Å². The van der Waals surface area contributed by atoms with E-state index in [0.29, 0.717) is 23.9 Å². The molecule has 0 spiro atoms. The molecule has 22 heavy (non-hydrogen) atoms. The standard InChI is InChI=1S/C15H13ClN4O2/c16-11-3-1-10(2-4-11)13-12-14(20-5-7-21-8-6-20)17-9-18-15(12)22-19-13/h1-4,9H,5-8H2. The van der Waals surface area contributed by atoms with E-state index in [-0.39, 0.29) is 0 Å². The van der Waals surface area contributed by atoms with Crippen LogP contribution in [-0.4, -0.2) is 41.4 Å². The number of nitrogens with zero attached hydrogens (tertiary/aromatic N) is 4. The van der Waals surface area contributed by atoms with Gasteiger partial charge < -0.3 is 14.2 Å². The molecular weight excluding hydrogens is 304 g/mol. The van der Waals surface area contributed by atoms with Crippen LogP contribution in [0.15, 0.2) is 35.1 Å². The van der Waals surface area contributed by atoms with Crippen molar-refractivity contribution in [1.82, 2.24) is 15.1 Å². The van der Waals surface area contributed by atoms with Crippen molar-refractivity contribution in [3.63, 3.8) is 0 Å². The lowest BCUT2D eigenvalue weighted by Crippen LogP contribution is -2.36. The number of benzene rings is 1. The van der Waals surface area contributed by atoms with Crippen molar-refractivity contribution in [3.05, 3.63) is 35.6 Å². The Balaban J connectivity index is 1.87. The van der Waals surface area contributed by atoms with E-state index in [4.69, 9.17) is 20.9 Å². The number of hydrogen-bond acceptors (Lipinski definition) is 6. The van der Waals surface area contributed by atoms with E-state index in [9.17, 15) is 0 Å². The van der Waals surface area contributed by atoms with Crippen molar-refractivity contribution < 1.29 is 9.26 Å². The molecule has 0 aliphatic carbocycles. The lowest BCUT2D eigenvalue weighted by molar-refractivity contribution is 0.122. The Morgan fingerprint density at radius 2 is 1.82 bits per heavy atom. The Morgan fingerprint density at radius 3 is 2.59 bits per heavy atom. The van der Waals surface area contributed by atoms with Crippen LogP contribution in [0.4, 0.5) is 5.82 Å². The van der Waals surface area contributed by atoms with E-state index in [1.54, 1.807) is 0 Å². The maximum atomic E-state index is 5.95. The Hall–Kier alpha value is -2.18. The van der Waals surface area contributed by atoms with E-state index in [1.807, 2.05) is 24.3 Å². The highest BCUT2D eigenvalue weighted by Crippen LogP contribution is 2.33. The van der Waals surface area contributed by atoms with Crippen LogP contribution >= 0.6 is 11.6 Å². The topological polar surface area (TPSA) is 64.3 Å². The fraction of sp³-hybridized carbons (Fsp3) is 0.267. The lowest BCUT2D eigenvalue weighted by atomic mass is 10.1. The van der Waals surface area contributed by atoms with Gasteiger partial charge in [-0.25, -0.2) is 4.98 Å². The first-order chi connectivity index (χ1) is 10.8. The van der Waals surface area contributed by atoms with Crippen LogP contribution in [0, 0.1) is 0 Å². The average molecular weight is 317 g/mol. The summed E-state index contributed by atoms with van der Waals surface area (Å²) in [4.78, 5) is 10.8. The number of morpholine rings is 1. The van der Waals surface area contributed by atoms with Gasteiger partial charge in [0.25, 0.3) is 5.71 Å². The molecule has 0 N–H and O–H groups in total. The van der Waals surface area contributed by atoms with Crippen LogP contribution in [0.5, 0.6) is 0 Å². The highest BCUT2D eigenvalue weighted by molar-refractivity contribution is 6.30. The molecule has 1 fully saturated rings. The van der Waals surface area contributed by atoms with E-state index in [1.165, 1.54) is 6.33 Å². The molecule has 0 atom stereocenters. The number of ether oxygens (including phenoxy) is 1. The fourth-order valence-electron chi connectivity index (χ4n) is 2.59. The Morgan fingerprint density at radius 1 is 1.05 bits per heavy atom. The van der Waals surface area contributed by atoms with Crippen molar-refractivity contribution in [3.8, 4) is 11.3 Å². The molecule has 3 heterocycles. The van der Waals surface area contributed by atoms with Gasteiger partial charge in [-0.2, -0.15) is 4.98 Å². The van der Waals surface area contributed by atoms with Crippen LogP contribution < -0.4 is 4.90 Å². The number of aromatic nitrogens is 3. The molecule has 1 aliphatic heterocycles. The second-order valence-corrected chi connectivity index (χ2v) is 5.45. The number of hydrogen-bond donors (Lipinski definition) is 0. The summed E-state index contributed by atoms with van der Waals surface area (Å²) < 4.78 is 10.8. The van der Waals surface area contributed by atoms with Gasteiger partial charge in [-0.15, -0.1) is 0 Å². The van der Waals surface area contributed by atoms with Crippen molar-refractivity contribution in [2.75, 3.05) is 31.2 Å². The first-order valence-electron chi connectivity index (χ1n) is 7.02. The van der Waals surface area contributed by atoms with Gasteiger partial charge in [0, 0.05) is 23.7 Å². The Kier molecular flexibility index (Phi) is 3.40. The summed E-state index contributed by atoms with van der Waals surface area (Å²) in [5.74, 6) is 0.833. The Labute approximate surface area is 131 Å². The fourth-order valence-corrected chi connectivity index (χ4v) is 2.72. The zero-order valence-electron chi connectivity index (χ0n) is 11.7. The van der Waals surface area contributed by atoms with Gasteiger partial charge in [0.05, 0.1) is 13.2 Å². The summed E-state index contributed by atoms with van der Waals surface area (Å²) in [5.41, 5.74) is 2.14. The molecule has 1 saturated heterocycles. The van der Waals surface area contributed by atoms with Crippen molar-refractivity contribution in [2.45, 2.75) is 0 Å². The summed E-state index contributed by atoms with van der Waals surface area (Å²) in [7, 11) is 0. The smallest absolute Gasteiger partial charge is 0.263 e. The summed E-state index contributed by atoms with van der Waals surface area (Å²) in [6.07, 6.45) is 1.50. The molecule has 6 nitrogen and oxygen atoms in total. The minimum absolute atomic E-state index is 0.487. The summed E-state index contributed by atoms with van der Waals surface area (Å²) >= 11 is 5.95. The third kappa shape index (κ3) is 2.30. The quantitative estimate of drug-likeness (QED) is 0.724. The lowest BCUT2D eigenvalue weighted by Gasteiger charge is -2.27. The van der Waals surface area contributed by atoms with Crippen LogP contribution in [0.2, 0.25) is 5.02 Å². The molecule has 7 heteroatoms. The summed E-state index contributed by atoms with van der Waals surface area (Å²) in [5, 5.41) is 5.68. The van der Waals surface area contributed by atoms with Crippen molar-refractivity contribution >= 4 is 28.5 Å². The van der Waals surface area contributed by atoms with Gasteiger partial charge >= 0.3 is 0 Å². The third-order valence-electron chi connectivity index (χ3n) is 3.68. The van der Waals surface area contributed by atoms with Crippen molar-refractivity contribution in [1.29, 1.82) is 0 Å². The molecule has 1 aromatic carbocycles. The van der Waals surface area contributed by atoms with Gasteiger partial charge in [-0.05, 0) is 12.1 Å². The molecule has 0 saturated carbocycles. The first-order valence-corrected chi connectivity index (χ1v) is 7.40. The third-order valence-corrected chi connectivity index (χ3v) is 3.93. The minimum atomic E-state index is 0.487. The molecule has 0 amide bonds. The number of rotatable bonds is 2. The van der Waals surface area contributed by atoms with E-state index in [2.05, 4.69) is 20.0 Å². The monoisotopic (exact) mass is 316 g/mol. The number of halogens is 1. The molecule has 0 bridgehead atoms. The molecular formula is C15H13ClN4O2.